The summed E-state index contributed by atoms with van der Waals surface area (Å²) in [6.07, 6.45) is 0. The van der Waals surface area contributed by atoms with Gasteiger partial charge >= 0.3 is 0 Å². The molecule has 0 amide bonds. The number of furan rings is 1. The topological polar surface area (TPSA) is 21.3 Å². The molecule has 0 N–H and O–H groups in total. The second-order valence-electron chi connectivity index (χ2n) is 17.7. The molecule has 2 aromatic heterocycles. The van der Waals surface area contributed by atoms with Crippen LogP contribution in [0.3, 0.4) is 0 Å². The Hall–Kier alpha value is -8.14. The average molecular weight is 819 g/mol. The van der Waals surface area contributed by atoms with Gasteiger partial charge in [0.05, 0.1) is 22.4 Å². The molecule has 0 bridgehead atoms. The first-order valence-electron chi connectivity index (χ1n) is 22.2. The van der Waals surface area contributed by atoms with E-state index >= 15 is 0 Å². The highest BCUT2D eigenvalue weighted by Gasteiger charge is 2.36. The molecule has 0 saturated carbocycles. The molecule has 0 atom stereocenters. The molecule has 302 valence electrons. The first-order chi connectivity index (χ1) is 31.5. The van der Waals surface area contributed by atoms with E-state index in [0.717, 1.165) is 55.8 Å². The van der Waals surface area contributed by atoms with Gasteiger partial charge < -0.3 is 13.9 Å². The number of rotatable bonds is 6. The second kappa shape index (κ2) is 13.9. The lowest BCUT2D eigenvalue weighted by Crippen LogP contribution is -2.17. The van der Waals surface area contributed by atoms with Crippen molar-refractivity contribution >= 4 is 71.6 Å². The molecule has 1 aliphatic carbocycles. The van der Waals surface area contributed by atoms with Crippen LogP contribution in [0.4, 0.5) is 17.1 Å². The number of hydrogen-bond acceptors (Lipinski definition) is 2. The molecule has 64 heavy (non-hydrogen) atoms. The second-order valence-corrected chi connectivity index (χ2v) is 17.7. The third-order valence-corrected chi connectivity index (χ3v) is 13.8. The maximum Gasteiger partial charge on any atom is 0.135 e. The Morgan fingerprint density at radius 2 is 0.906 bits per heavy atom. The zero-order valence-corrected chi connectivity index (χ0v) is 35.6. The smallest absolute Gasteiger partial charge is 0.135 e. The summed E-state index contributed by atoms with van der Waals surface area (Å²) in [6.45, 7) is 4.76. The van der Waals surface area contributed by atoms with Crippen LogP contribution in [-0.2, 0) is 5.41 Å². The van der Waals surface area contributed by atoms with Crippen LogP contribution in [0.2, 0.25) is 0 Å². The van der Waals surface area contributed by atoms with Crippen LogP contribution in [0.5, 0.6) is 0 Å². The van der Waals surface area contributed by atoms with Crippen molar-refractivity contribution in [3.05, 3.63) is 230 Å². The Balaban J connectivity index is 0.987. The Morgan fingerprint density at radius 3 is 1.66 bits per heavy atom. The van der Waals surface area contributed by atoms with Crippen molar-refractivity contribution in [2.45, 2.75) is 19.3 Å². The maximum atomic E-state index is 6.19. The zero-order valence-electron chi connectivity index (χ0n) is 35.6. The summed E-state index contributed by atoms with van der Waals surface area (Å²) < 4.78 is 8.63. The predicted octanol–water partition coefficient (Wildman–Crippen LogP) is 16.9. The molecule has 1 aliphatic rings. The standard InChI is InChI=1S/C61H42N2O/c1-61(2)53-37-42(39-14-4-3-5-15-39)26-31-45(53)46-32-30-44(38-54(46)61)62(43-28-24-40(25-29-43)41-27-35-60-52(36-41)51-20-10-13-23-59(51)64-60)57-33-34-58(50-17-7-6-16-49(50)57)63-55-21-11-8-18-47(55)48-19-9-12-22-56(48)63/h3-38H,1-2H3. The lowest BCUT2D eigenvalue weighted by molar-refractivity contribution is 0.660. The van der Waals surface area contributed by atoms with Gasteiger partial charge in [-0.25, -0.2) is 0 Å². The van der Waals surface area contributed by atoms with E-state index in [1.54, 1.807) is 0 Å². The average Bonchev–Trinajstić information content (AvgIpc) is 3.97. The van der Waals surface area contributed by atoms with Crippen LogP contribution < -0.4 is 4.90 Å². The van der Waals surface area contributed by atoms with Crippen molar-refractivity contribution in [3.8, 4) is 39.1 Å². The summed E-state index contributed by atoms with van der Waals surface area (Å²) in [5.41, 5.74) is 18.6. The number of benzene rings is 10. The fraction of sp³-hybridized carbons (Fsp3) is 0.0492. The highest BCUT2D eigenvalue weighted by Crippen LogP contribution is 2.52. The fourth-order valence-electron chi connectivity index (χ4n) is 10.6. The van der Waals surface area contributed by atoms with E-state index in [1.165, 1.54) is 66.0 Å². The van der Waals surface area contributed by atoms with E-state index < -0.39 is 0 Å². The van der Waals surface area contributed by atoms with Gasteiger partial charge in [0.2, 0.25) is 0 Å². The largest absolute Gasteiger partial charge is 0.456 e. The molecule has 3 nitrogen and oxygen atoms in total. The summed E-state index contributed by atoms with van der Waals surface area (Å²) in [6, 6.07) is 79.8. The van der Waals surface area contributed by atoms with Gasteiger partial charge in [-0.15, -0.1) is 0 Å². The van der Waals surface area contributed by atoms with Gasteiger partial charge in [-0.3, -0.25) is 0 Å². The molecule has 12 aromatic rings. The van der Waals surface area contributed by atoms with Crippen LogP contribution in [-0.4, -0.2) is 4.57 Å². The monoisotopic (exact) mass is 818 g/mol. The summed E-state index contributed by atoms with van der Waals surface area (Å²) in [7, 11) is 0. The van der Waals surface area contributed by atoms with E-state index in [4.69, 9.17) is 4.42 Å². The number of aromatic nitrogens is 1. The molecule has 0 fully saturated rings. The van der Waals surface area contributed by atoms with Crippen molar-refractivity contribution in [2.75, 3.05) is 4.90 Å². The Morgan fingerprint density at radius 1 is 0.375 bits per heavy atom. The number of fused-ring (bicyclic) bond motifs is 10. The Bertz CT molecular complexity index is 3760. The van der Waals surface area contributed by atoms with Crippen molar-refractivity contribution in [2.24, 2.45) is 0 Å². The molecule has 3 heteroatoms. The molecule has 0 saturated heterocycles. The van der Waals surface area contributed by atoms with Crippen molar-refractivity contribution in [1.29, 1.82) is 0 Å². The Kier molecular flexibility index (Phi) is 7.95. The maximum absolute atomic E-state index is 6.19. The molecule has 13 rings (SSSR count). The highest BCUT2D eigenvalue weighted by molar-refractivity contribution is 6.12. The molecule has 0 unspecified atom stereocenters. The molecule has 2 heterocycles. The van der Waals surface area contributed by atoms with E-state index in [-0.39, 0.29) is 5.41 Å². The fourth-order valence-corrected chi connectivity index (χ4v) is 10.6. The van der Waals surface area contributed by atoms with Gasteiger partial charge in [0.15, 0.2) is 0 Å². The number of para-hydroxylation sites is 3. The van der Waals surface area contributed by atoms with Crippen LogP contribution in [0.1, 0.15) is 25.0 Å². The summed E-state index contributed by atoms with van der Waals surface area (Å²) in [4.78, 5) is 2.46. The van der Waals surface area contributed by atoms with Gasteiger partial charge in [0, 0.05) is 49.1 Å². The SMILES string of the molecule is CC1(C)c2cc(-c3ccccc3)ccc2-c2ccc(N(c3ccc(-c4ccc5oc6ccccc6c5c4)cc3)c3ccc(-n4c5ccccc5c5ccccc54)c4ccccc34)cc21. The summed E-state index contributed by atoms with van der Waals surface area (Å²) in [5.74, 6) is 0. The van der Waals surface area contributed by atoms with Gasteiger partial charge in [-0.2, -0.15) is 0 Å². The summed E-state index contributed by atoms with van der Waals surface area (Å²) in [5, 5.41) is 7.15. The number of anilines is 3. The number of nitrogens with zero attached hydrogens (tertiary/aromatic N) is 2. The van der Waals surface area contributed by atoms with Crippen LogP contribution in [0, 0.1) is 0 Å². The zero-order chi connectivity index (χ0) is 42.5. The van der Waals surface area contributed by atoms with Crippen molar-refractivity contribution in [1.82, 2.24) is 4.57 Å². The molecule has 0 spiro atoms. The van der Waals surface area contributed by atoms with E-state index in [0.29, 0.717) is 0 Å². The van der Waals surface area contributed by atoms with Crippen LogP contribution in [0.15, 0.2) is 223 Å². The van der Waals surface area contributed by atoms with E-state index in [9.17, 15) is 0 Å². The van der Waals surface area contributed by atoms with Gasteiger partial charge in [0.1, 0.15) is 11.2 Å². The normalized spacial score (nSPS) is 13.0. The van der Waals surface area contributed by atoms with Crippen LogP contribution in [0.25, 0.3) is 93.6 Å². The molecular formula is C61H42N2O. The van der Waals surface area contributed by atoms with Crippen LogP contribution >= 0.6 is 0 Å². The van der Waals surface area contributed by atoms with E-state index in [1.807, 2.05) is 12.1 Å². The third kappa shape index (κ3) is 5.47. The van der Waals surface area contributed by atoms with Crippen molar-refractivity contribution in [3.63, 3.8) is 0 Å². The van der Waals surface area contributed by atoms with Gasteiger partial charge in [-0.1, -0.05) is 159 Å². The van der Waals surface area contributed by atoms with E-state index in [2.05, 4.69) is 230 Å². The van der Waals surface area contributed by atoms with Gasteiger partial charge in [-0.05, 0) is 117 Å². The molecule has 0 aliphatic heterocycles. The predicted molar refractivity (Wildman–Crippen MR) is 269 cm³/mol. The highest BCUT2D eigenvalue weighted by atomic mass is 16.3. The minimum Gasteiger partial charge on any atom is -0.456 e. The lowest BCUT2D eigenvalue weighted by Gasteiger charge is -2.30. The number of hydrogen-bond donors (Lipinski definition) is 0. The summed E-state index contributed by atoms with van der Waals surface area (Å²) >= 11 is 0. The lowest BCUT2D eigenvalue weighted by atomic mass is 9.81. The van der Waals surface area contributed by atoms with Gasteiger partial charge in [0.25, 0.3) is 0 Å². The third-order valence-electron chi connectivity index (χ3n) is 13.8. The minimum absolute atomic E-state index is 0.209. The molecule has 0 radical (unpaired) electrons. The minimum atomic E-state index is -0.209. The molecule has 10 aromatic carbocycles. The molecular weight excluding hydrogens is 777 g/mol. The first kappa shape index (κ1) is 36.5. The van der Waals surface area contributed by atoms with Crippen molar-refractivity contribution < 1.29 is 4.42 Å². The quantitative estimate of drug-likeness (QED) is 0.167. The Labute approximate surface area is 371 Å². The first-order valence-corrected chi connectivity index (χ1v) is 22.2.